The molecule has 0 saturated heterocycles. The van der Waals surface area contributed by atoms with Crippen LogP contribution in [0.4, 0.5) is 0 Å². The number of rotatable bonds is 3. The van der Waals surface area contributed by atoms with E-state index in [1.165, 1.54) is 6.92 Å². The number of hydrogen-bond acceptors (Lipinski definition) is 3. The predicted molar refractivity (Wildman–Crippen MR) is 59.4 cm³/mol. The van der Waals surface area contributed by atoms with Crippen LogP contribution in [0.25, 0.3) is 0 Å². The molecule has 1 aromatic rings. The largest absolute Gasteiger partial charge is 0.427 e. The van der Waals surface area contributed by atoms with Gasteiger partial charge in [-0.1, -0.05) is 18.6 Å². The summed E-state index contributed by atoms with van der Waals surface area (Å²) in [6, 6.07) is 6.83. The average Bonchev–Trinajstić information content (AvgIpc) is 2.14. The fourth-order valence-corrected chi connectivity index (χ4v) is 1.78. The van der Waals surface area contributed by atoms with Crippen molar-refractivity contribution in [2.75, 3.05) is 0 Å². The van der Waals surface area contributed by atoms with Crippen LogP contribution in [0.5, 0.6) is 5.75 Å². The van der Waals surface area contributed by atoms with Crippen LogP contribution in [0.15, 0.2) is 24.3 Å². The maximum Gasteiger partial charge on any atom is 0.308 e. The highest BCUT2D eigenvalue weighted by Gasteiger charge is 2.26. The zero-order valence-electron chi connectivity index (χ0n) is 9.23. The average molecular weight is 218 g/mol. The van der Waals surface area contributed by atoms with Gasteiger partial charge in [0.15, 0.2) is 5.78 Å². The summed E-state index contributed by atoms with van der Waals surface area (Å²) in [6.45, 7) is 1.35. The quantitative estimate of drug-likeness (QED) is 0.445. The molecule has 2 rings (SSSR count). The molecular weight excluding hydrogens is 204 g/mol. The summed E-state index contributed by atoms with van der Waals surface area (Å²) in [5.74, 6) is 0.416. The highest BCUT2D eigenvalue weighted by Crippen LogP contribution is 2.30. The summed E-state index contributed by atoms with van der Waals surface area (Å²) >= 11 is 0. The first-order valence-electron chi connectivity index (χ1n) is 5.49. The molecule has 3 heteroatoms. The molecule has 0 aliphatic heterocycles. The van der Waals surface area contributed by atoms with Crippen LogP contribution in [0, 0.1) is 5.92 Å². The van der Waals surface area contributed by atoms with Gasteiger partial charge in [-0.05, 0) is 25.0 Å². The number of carbonyl (C=O) groups is 2. The molecule has 0 unspecified atom stereocenters. The summed E-state index contributed by atoms with van der Waals surface area (Å²) < 4.78 is 4.95. The molecule has 0 bridgehead atoms. The van der Waals surface area contributed by atoms with Crippen molar-refractivity contribution in [3.8, 4) is 5.75 Å². The summed E-state index contributed by atoms with van der Waals surface area (Å²) in [7, 11) is 0. The van der Waals surface area contributed by atoms with E-state index in [-0.39, 0.29) is 17.7 Å². The van der Waals surface area contributed by atoms with E-state index in [9.17, 15) is 9.59 Å². The Morgan fingerprint density at radius 2 is 2.06 bits per heavy atom. The van der Waals surface area contributed by atoms with Crippen LogP contribution in [0.2, 0.25) is 0 Å². The lowest BCUT2D eigenvalue weighted by Crippen LogP contribution is -2.21. The van der Waals surface area contributed by atoms with Gasteiger partial charge in [-0.15, -0.1) is 0 Å². The Hall–Kier alpha value is -1.64. The van der Waals surface area contributed by atoms with Gasteiger partial charge in [0.25, 0.3) is 0 Å². The lowest BCUT2D eigenvalue weighted by molar-refractivity contribution is -0.131. The summed E-state index contributed by atoms with van der Waals surface area (Å²) in [4.78, 5) is 22.7. The molecule has 0 atom stereocenters. The Bertz CT molecular complexity index is 419. The third kappa shape index (κ3) is 2.30. The molecule has 1 saturated carbocycles. The molecule has 1 fully saturated rings. The van der Waals surface area contributed by atoms with E-state index < -0.39 is 0 Å². The van der Waals surface area contributed by atoms with Crippen LogP contribution in [0.3, 0.4) is 0 Å². The number of ether oxygens (including phenoxy) is 1. The maximum absolute atomic E-state index is 11.9. The lowest BCUT2D eigenvalue weighted by atomic mass is 9.80. The van der Waals surface area contributed by atoms with Gasteiger partial charge in [0.2, 0.25) is 0 Å². The molecular formula is C13H14O3. The van der Waals surface area contributed by atoms with Crippen LogP contribution in [-0.2, 0) is 4.79 Å². The molecule has 0 heterocycles. The van der Waals surface area contributed by atoms with E-state index in [1.807, 2.05) is 0 Å². The zero-order valence-corrected chi connectivity index (χ0v) is 9.23. The minimum atomic E-state index is -0.367. The van der Waals surface area contributed by atoms with Gasteiger partial charge in [0.05, 0.1) is 0 Å². The third-order valence-corrected chi connectivity index (χ3v) is 2.86. The van der Waals surface area contributed by atoms with Gasteiger partial charge < -0.3 is 4.74 Å². The lowest BCUT2D eigenvalue weighted by Gasteiger charge is -2.23. The first kappa shape index (κ1) is 10.9. The van der Waals surface area contributed by atoms with Crippen molar-refractivity contribution in [2.45, 2.75) is 26.2 Å². The van der Waals surface area contributed by atoms with Gasteiger partial charge in [0, 0.05) is 18.4 Å². The molecule has 16 heavy (non-hydrogen) atoms. The molecule has 1 aliphatic rings. The highest BCUT2D eigenvalue weighted by molar-refractivity contribution is 5.98. The van der Waals surface area contributed by atoms with Gasteiger partial charge in [-0.2, -0.15) is 0 Å². The van der Waals surface area contributed by atoms with Crippen molar-refractivity contribution in [1.29, 1.82) is 0 Å². The topological polar surface area (TPSA) is 43.4 Å². The molecule has 0 aromatic heterocycles. The fraction of sp³-hybridized carbons (Fsp3) is 0.385. The second-order valence-electron chi connectivity index (χ2n) is 4.11. The first-order valence-corrected chi connectivity index (χ1v) is 5.49. The minimum absolute atomic E-state index is 0.167. The third-order valence-electron chi connectivity index (χ3n) is 2.86. The van der Waals surface area contributed by atoms with Gasteiger partial charge in [0.1, 0.15) is 5.75 Å². The zero-order chi connectivity index (χ0) is 11.5. The Labute approximate surface area is 94.4 Å². The Kier molecular flexibility index (Phi) is 3.04. The standard InChI is InChI=1S/C13H14O3/c1-9(14)16-12-7-3-6-11(8-12)13(15)10-4-2-5-10/h3,6-8,10H,2,4-5H2,1H3. The number of carbonyl (C=O) groups excluding carboxylic acids is 2. The second-order valence-corrected chi connectivity index (χ2v) is 4.11. The molecule has 0 amide bonds. The number of benzene rings is 1. The van der Waals surface area contributed by atoms with Gasteiger partial charge >= 0.3 is 5.97 Å². The van der Waals surface area contributed by atoms with Crippen LogP contribution < -0.4 is 4.74 Å². The predicted octanol–water partition coefficient (Wildman–Crippen LogP) is 2.59. The van der Waals surface area contributed by atoms with Crippen molar-refractivity contribution < 1.29 is 14.3 Å². The van der Waals surface area contributed by atoms with Crippen molar-refractivity contribution in [2.24, 2.45) is 5.92 Å². The van der Waals surface area contributed by atoms with Crippen LogP contribution >= 0.6 is 0 Å². The number of esters is 1. The second kappa shape index (κ2) is 4.47. The molecule has 0 N–H and O–H groups in total. The number of ketones is 1. The van der Waals surface area contributed by atoms with E-state index in [4.69, 9.17) is 4.74 Å². The molecule has 1 aromatic carbocycles. The normalized spacial score (nSPS) is 15.3. The van der Waals surface area contributed by atoms with Crippen LogP contribution in [-0.4, -0.2) is 11.8 Å². The van der Waals surface area contributed by atoms with Crippen LogP contribution in [0.1, 0.15) is 36.5 Å². The molecule has 1 aliphatic carbocycles. The Morgan fingerprint density at radius 3 is 2.62 bits per heavy atom. The van der Waals surface area contributed by atoms with Crippen molar-refractivity contribution >= 4 is 11.8 Å². The van der Waals surface area contributed by atoms with E-state index in [0.29, 0.717) is 11.3 Å². The smallest absolute Gasteiger partial charge is 0.308 e. The molecule has 0 spiro atoms. The number of hydrogen-bond donors (Lipinski definition) is 0. The van der Waals surface area contributed by atoms with Gasteiger partial charge in [-0.3, -0.25) is 9.59 Å². The molecule has 0 radical (unpaired) electrons. The van der Waals surface area contributed by atoms with E-state index in [1.54, 1.807) is 24.3 Å². The van der Waals surface area contributed by atoms with Crippen molar-refractivity contribution in [1.82, 2.24) is 0 Å². The molecule has 84 valence electrons. The minimum Gasteiger partial charge on any atom is -0.427 e. The van der Waals surface area contributed by atoms with Crippen molar-refractivity contribution in [3.63, 3.8) is 0 Å². The summed E-state index contributed by atoms with van der Waals surface area (Å²) in [5.41, 5.74) is 0.642. The monoisotopic (exact) mass is 218 g/mol. The number of Topliss-reactive ketones (excluding diaryl/α,β-unsaturated/α-hetero) is 1. The summed E-state index contributed by atoms with van der Waals surface area (Å²) in [6.07, 6.45) is 3.10. The van der Waals surface area contributed by atoms with E-state index in [0.717, 1.165) is 19.3 Å². The van der Waals surface area contributed by atoms with E-state index >= 15 is 0 Å². The first-order chi connectivity index (χ1) is 7.66. The fourth-order valence-electron chi connectivity index (χ4n) is 1.78. The highest BCUT2D eigenvalue weighted by atomic mass is 16.5. The SMILES string of the molecule is CC(=O)Oc1cccc(C(=O)C2CCC2)c1. The maximum atomic E-state index is 11.9. The van der Waals surface area contributed by atoms with Gasteiger partial charge in [-0.25, -0.2) is 0 Å². The van der Waals surface area contributed by atoms with Crippen molar-refractivity contribution in [3.05, 3.63) is 29.8 Å². The molecule has 3 nitrogen and oxygen atoms in total. The Balaban J connectivity index is 2.14. The van der Waals surface area contributed by atoms with E-state index in [2.05, 4.69) is 0 Å². The Morgan fingerprint density at radius 1 is 1.31 bits per heavy atom. The summed E-state index contributed by atoms with van der Waals surface area (Å²) in [5, 5.41) is 0.